The number of nitrogens with zero attached hydrogens (tertiary/aromatic N) is 3. The fraction of sp³-hybridized carbons (Fsp3) is 0.611. The Kier molecular flexibility index (Phi) is 5.69. The molecule has 2 atom stereocenters. The molecule has 9 heteroatoms. The van der Waals surface area contributed by atoms with E-state index in [9.17, 15) is 18.0 Å². The molecule has 0 radical (unpaired) electrons. The lowest BCUT2D eigenvalue weighted by atomic mass is 9.99. The third kappa shape index (κ3) is 4.40. The maximum Gasteiger partial charge on any atom is 0.340 e. The van der Waals surface area contributed by atoms with Crippen LogP contribution in [-0.4, -0.2) is 66.9 Å². The third-order valence-corrected chi connectivity index (χ3v) is 6.24. The van der Waals surface area contributed by atoms with Gasteiger partial charge in [-0.15, -0.1) is 4.40 Å². The normalized spacial score (nSPS) is 25.2. The molecule has 3 heterocycles. The molecule has 0 aromatic rings. The van der Waals surface area contributed by atoms with E-state index in [1.807, 2.05) is 4.90 Å². The number of hydrogen-bond donors (Lipinski definition) is 0. The summed E-state index contributed by atoms with van der Waals surface area (Å²) in [6.45, 7) is 4.57. The number of hydrogen-bond acceptors (Lipinski definition) is 6. The van der Waals surface area contributed by atoms with Crippen LogP contribution in [0.25, 0.3) is 0 Å². The summed E-state index contributed by atoms with van der Waals surface area (Å²) in [5.74, 6) is -0.599. The standard InChI is InChI=1S/C18H25N3O5S/c1-3-15-6-4-5-9-21(15)17(22)13(2)26-18(23)14-7-8-16-19-27(24,25)11-10-20(16)12-14/h7-8,12-13,15H,3-6,9-11H2,1-2H3. The maximum absolute atomic E-state index is 12.7. The van der Waals surface area contributed by atoms with Crippen molar-refractivity contribution in [3.8, 4) is 0 Å². The minimum absolute atomic E-state index is 0.106. The summed E-state index contributed by atoms with van der Waals surface area (Å²) in [4.78, 5) is 28.6. The molecule has 1 saturated heterocycles. The SMILES string of the molecule is CCC1CCCCN1C(=O)C(C)OC(=O)C1=CN2CCS(=O)(=O)N=C2C=C1. The largest absolute Gasteiger partial charge is 0.449 e. The van der Waals surface area contributed by atoms with Crippen molar-refractivity contribution in [2.24, 2.45) is 4.40 Å². The summed E-state index contributed by atoms with van der Waals surface area (Å²) in [6.07, 6.45) is 7.54. The summed E-state index contributed by atoms with van der Waals surface area (Å²) in [5.41, 5.74) is 0.263. The molecule has 0 bridgehead atoms. The first-order chi connectivity index (χ1) is 12.8. The predicted molar refractivity (Wildman–Crippen MR) is 100 cm³/mol. The second-order valence-corrected chi connectivity index (χ2v) is 8.74. The van der Waals surface area contributed by atoms with Crippen LogP contribution >= 0.6 is 0 Å². The van der Waals surface area contributed by atoms with Crippen molar-refractivity contribution in [3.05, 3.63) is 23.9 Å². The van der Waals surface area contributed by atoms with Crippen LogP contribution in [0, 0.1) is 0 Å². The first kappa shape index (κ1) is 19.6. The molecular weight excluding hydrogens is 370 g/mol. The number of sulfonamides is 1. The van der Waals surface area contributed by atoms with E-state index in [2.05, 4.69) is 11.3 Å². The molecule has 2 unspecified atom stereocenters. The van der Waals surface area contributed by atoms with Crippen LogP contribution in [-0.2, 0) is 24.3 Å². The molecule has 3 rings (SSSR count). The lowest BCUT2D eigenvalue weighted by molar-refractivity contribution is -0.158. The minimum atomic E-state index is -3.44. The molecule has 0 N–H and O–H groups in total. The zero-order chi connectivity index (χ0) is 19.6. The molecule has 0 spiro atoms. The maximum atomic E-state index is 12.7. The number of fused-ring (bicyclic) bond motifs is 1. The zero-order valence-corrected chi connectivity index (χ0v) is 16.4. The molecule has 8 nitrogen and oxygen atoms in total. The number of amides is 1. The third-order valence-electron chi connectivity index (χ3n) is 5.07. The Morgan fingerprint density at radius 3 is 2.81 bits per heavy atom. The van der Waals surface area contributed by atoms with E-state index in [1.165, 1.54) is 18.4 Å². The topological polar surface area (TPSA) is 96.4 Å². The first-order valence-corrected chi connectivity index (χ1v) is 10.9. The van der Waals surface area contributed by atoms with E-state index in [0.29, 0.717) is 6.54 Å². The van der Waals surface area contributed by atoms with Crippen molar-refractivity contribution in [1.82, 2.24) is 9.80 Å². The number of amidine groups is 1. The minimum Gasteiger partial charge on any atom is -0.449 e. The molecule has 27 heavy (non-hydrogen) atoms. The number of carbonyl (C=O) groups excluding carboxylic acids is 2. The van der Waals surface area contributed by atoms with Gasteiger partial charge in [0, 0.05) is 25.3 Å². The number of piperidine rings is 1. The van der Waals surface area contributed by atoms with E-state index in [-0.39, 0.29) is 35.7 Å². The molecule has 1 amide bonds. The van der Waals surface area contributed by atoms with Crippen LogP contribution in [0.5, 0.6) is 0 Å². The smallest absolute Gasteiger partial charge is 0.340 e. The van der Waals surface area contributed by atoms with Gasteiger partial charge < -0.3 is 14.5 Å². The molecule has 3 aliphatic heterocycles. The molecule has 1 fully saturated rings. The summed E-state index contributed by atoms with van der Waals surface area (Å²) >= 11 is 0. The Morgan fingerprint density at radius 1 is 1.30 bits per heavy atom. The second-order valence-electron chi connectivity index (χ2n) is 6.98. The summed E-state index contributed by atoms with van der Waals surface area (Å²) in [6, 6.07) is 0.204. The van der Waals surface area contributed by atoms with Gasteiger partial charge in [-0.2, -0.15) is 0 Å². The number of likely N-dealkylation sites (tertiary alicyclic amines) is 1. The average Bonchev–Trinajstić information content (AvgIpc) is 2.66. The van der Waals surface area contributed by atoms with Gasteiger partial charge in [0.15, 0.2) is 6.10 Å². The fourth-order valence-corrected chi connectivity index (χ4v) is 4.52. The van der Waals surface area contributed by atoms with Crippen LogP contribution in [0.4, 0.5) is 0 Å². The van der Waals surface area contributed by atoms with Crippen molar-refractivity contribution in [2.45, 2.75) is 51.7 Å². The van der Waals surface area contributed by atoms with Crippen LogP contribution < -0.4 is 0 Å². The molecule has 3 aliphatic rings. The molecule has 0 aromatic carbocycles. The Bertz CT molecular complexity index is 815. The van der Waals surface area contributed by atoms with Crippen molar-refractivity contribution in [1.29, 1.82) is 0 Å². The first-order valence-electron chi connectivity index (χ1n) is 9.31. The lowest BCUT2D eigenvalue weighted by Crippen LogP contribution is -2.48. The quantitative estimate of drug-likeness (QED) is 0.664. The molecule has 0 saturated carbocycles. The van der Waals surface area contributed by atoms with Gasteiger partial charge in [-0.25, -0.2) is 13.2 Å². The number of rotatable bonds is 4. The lowest BCUT2D eigenvalue weighted by Gasteiger charge is -2.36. The Labute approximate surface area is 159 Å². The van der Waals surface area contributed by atoms with Gasteiger partial charge in [0.2, 0.25) is 0 Å². The highest BCUT2D eigenvalue weighted by Crippen LogP contribution is 2.22. The average molecular weight is 395 g/mol. The van der Waals surface area contributed by atoms with Crippen molar-refractivity contribution in [3.63, 3.8) is 0 Å². The van der Waals surface area contributed by atoms with E-state index < -0.39 is 22.1 Å². The van der Waals surface area contributed by atoms with Crippen molar-refractivity contribution < 1.29 is 22.7 Å². The number of ether oxygens (including phenoxy) is 1. The van der Waals surface area contributed by atoms with Crippen LogP contribution in [0.2, 0.25) is 0 Å². The highest BCUT2D eigenvalue weighted by atomic mass is 32.2. The van der Waals surface area contributed by atoms with Gasteiger partial charge in [-0.05, 0) is 44.8 Å². The Balaban J connectivity index is 1.64. The van der Waals surface area contributed by atoms with Crippen LogP contribution in [0.1, 0.15) is 39.5 Å². The van der Waals surface area contributed by atoms with Gasteiger partial charge in [-0.3, -0.25) is 4.79 Å². The van der Waals surface area contributed by atoms with E-state index in [4.69, 9.17) is 4.74 Å². The van der Waals surface area contributed by atoms with Gasteiger partial charge >= 0.3 is 5.97 Å². The summed E-state index contributed by atoms with van der Waals surface area (Å²) < 4.78 is 32.1. The van der Waals surface area contributed by atoms with Gasteiger partial charge in [0.05, 0.1) is 11.3 Å². The molecule has 148 valence electrons. The number of esters is 1. The van der Waals surface area contributed by atoms with Gasteiger partial charge in [0.25, 0.3) is 15.9 Å². The van der Waals surface area contributed by atoms with E-state index in [0.717, 1.165) is 25.7 Å². The summed E-state index contributed by atoms with van der Waals surface area (Å²) in [7, 11) is -3.44. The fourth-order valence-electron chi connectivity index (χ4n) is 3.55. The molecule has 0 aromatic heterocycles. The van der Waals surface area contributed by atoms with Gasteiger partial charge in [0.1, 0.15) is 5.84 Å². The van der Waals surface area contributed by atoms with Crippen LogP contribution in [0.15, 0.2) is 28.3 Å². The van der Waals surface area contributed by atoms with Crippen LogP contribution in [0.3, 0.4) is 0 Å². The highest BCUT2D eigenvalue weighted by molar-refractivity contribution is 7.90. The second kappa shape index (κ2) is 7.84. The number of carbonyl (C=O) groups is 2. The predicted octanol–water partition coefficient (Wildman–Crippen LogP) is 1.21. The molecule has 0 aliphatic carbocycles. The van der Waals surface area contributed by atoms with Crippen molar-refractivity contribution >= 4 is 27.7 Å². The summed E-state index contributed by atoms with van der Waals surface area (Å²) in [5, 5.41) is 0. The van der Waals surface area contributed by atoms with E-state index in [1.54, 1.807) is 11.8 Å². The van der Waals surface area contributed by atoms with E-state index >= 15 is 0 Å². The Hall–Kier alpha value is -2.16. The Morgan fingerprint density at radius 2 is 2.07 bits per heavy atom. The zero-order valence-electron chi connectivity index (χ0n) is 15.6. The monoisotopic (exact) mass is 395 g/mol. The highest BCUT2D eigenvalue weighted by Gasteiger charge is 2.31. The van der Waals surface area contributed by atoms with Gasteiger partial charge in [-0.1, -0.05) is 6.92 Å². The van der Waals surface area contributed by atoms with Crippen molar-refractivity contribution in [2.75, 3.05) is 18.8 Å². The molecular formula is C18H25N3O5S.